The Morgan fingerprint density at radius 3 is 2.59 bits per heavy atom. The minimum Gasteiger partial charge on any atom is -0.438 e. The molecular weight excluding hydrogens is 366 g/mol. The molecule has 1 saturated carbocycles. The highest BCUT2D eigenvalue weighted by Crippen LogP contribution is 2.27. The second-order valence-corrected chi connectivity index (χ2v) is 7.40. The lowest BCUT2D eigenvalue weighted by molar-refractivity contribution is -0.116. The first-order valence-corrected chi connectivity index (χ1v) is 10.2. The average molecular weight is 391 g/mol. The van der Waals surface area contributed by atoms with Gasteiger partial charge in [0.15, 0.2) is 5.82 Å². The quantitative estimate of drug-likeness (QED) is 0.628. The molecule has 0 atom stereocenters. The number of hydrogen-bond donors (Lipinski definition) is 1. The van der Waals surface area contributed by atoms with Gasteiger partial charge in [0.2, 0.25) is 11.8 Å². The molecule has 7 nitrogen and oxygen atoms in total. The number of nitrogens with one attached hydrogen (secondary N) is 1. The number of carbonyl (C=O) groups excluding carboxylic acids is 1. The summed E-state index contributed by atoms with van der Waals surface area (Å²) in [6.45, 7) is 0. The topological polar surface area (TPSA) is 81.9 Å². The normalized spacial score (nSPS) is 14.5. The summed E-state index contributed by atoms with van der Waals surface area (Å²) in [7, 11) is 0. The van der Waals surface area contributed by atoms with Crippen molar-refractivity contribution in [2.75, 3.05) is 5.32 Å². The molecule has 4 rings (SSSR count). The van der Waals surface area contributed by atoms with Crippen molar-refractivity contribution in [1.29, 1.82) is 0 Å². The summed E-state index contributed by atoms with van der Waals surface area (Å²) < 4.78 is 7.35. The molecule has 1 fully saturated rings. The van der Waals surface area contributed by atoms with Gasteiger partial charge in [0.1, 0.15) is 5.75 Å². The van der Waals surface area contributed by atoms with Gasteiger partial charge in [-0.05, 0) is 48.7 Å². The predicted molar refractivity (Wildman–Crippen MR) is 110 cm³/mol. The summed E-state index contributed by atoms with van der Waals surface area (Å²) in [6, 6.07) is 12.6. The van der Waals surface area contributed by atoms with Gasteiger partial charge >= 0.3 is 0 Å². The molecule has 1 amide bonds. The summed E-state index contributed by atoms with van der Waals surface area (Å²) >= 11 is 0. The monoisotopic (exact) mass is 391 g/mol. The van der Waals surface area contributed by atoms with E-state index < -0.39 is 0 Å². The van der Waals surface area contributed by atoms with E-state index >= 15 is 0 Å². The molecule has 150 valence electrons. The molecule has 1 aromatic carbocycles. The second-order valence-electron chi connectivity index (χ2n) is 7.40. The minimum absolute atomic E-state index is 0.0734. The van der Waals surface area contributed by atoms with Crippen LogP contribution in [-0.4, -0.2) is 25.9 Å². The Labute approximate surface area is 170 Å². The van der Waals surface area contributed by atoms with Crippen molar-refractivity contribution in [2.45, 2.75) is 44.9 Å². The number of ether oxygens (including phenoxy) is 1. The van der Waals surface area contributed by atoms with E-state index in [1.54, 1.807) is 41.3 Å². The molecule has 0 bridgehead atoms. The number of benzene rings is 1. The lowest BCUT2D eigenvalue weighted by Gasteiger charge is -2.21. The third-order valence-corrected chi connectivity index (χ3v) is 5.23. The molecule has 3 aromatic rings. The Balaban J connectivity index is 1.27. The highest BCUT2D eigenvalue weighted by atomic mass is 16.5. The van der Waals surface area contributed by atoms with Crippen LogP contribution in [0.15, 0.2) is 54.9 Å². The van der Waals surface area contributed by atoms with Gasteiger partial charge in [0.25, 0.3) is 0 Å². The van der Waals surface area contributed by atoms with Crippen LogP contribution in [0, 0.1) is 5.92 Å². The summed E-state index contributed by atoms with van der Waals surface area (Å²) in [5, 5.41) is 15.2. The zero-order valence-corrected chi connectivity index (χ0v) is 16.3. The minimum atomic E-state index is 0.0734. The Bertz CT molecular complexity index is 901. The van der Waals surface area contributed by atoms with Gasteiger partial charge in [-0.25, -0.2) is 4.68 Å². The van der Waals surface area contributed by atoms with Gasteiger partial charge in [-0.3, -0.25) is 4.79 Å². The first-order chi connectivity index (χ1) is 14.3. The van der Waals surface area contributed by atoms with E-state index in [1.807, 2.05) is 18.2 Å². The van der Waals surface area contributed by atoms with Crippen LogP contribution in [0.3, 0.4) is 0 Å². The van der Waals surface area contributed by atoms with E-state index in [-0.39, 0.29) is 5.91 Å². The Morgan fingerprint density at radius 2 is 1.90 bits per heavy atom. The molecule has 0 saturated heterocycles. The van der Waals surface area contributed by atoms with Gasteiger partial charge in [0.05, 0.1) is 0 Å². The van der Waals surface area contributed by atoms with Crippen LogP contribution >= 0.6 is 0 Å². The van der Waals surface area contributed by atoms with Crippen molar-refractivity contribution < 1.29 is 9.53 Å². The standard InChI is InChI=1S/C22H25N5O2/c28-21(13-7-17-5-2-1-3-6-17)24-18-8-10-19(11-9-18)29-22-14-12-20(25-26-22)27-16-4-15-23-27/h4,8-12,14-17H,1-3,5-7,13H2,(H,24,28). The van der Waals surface area contributed by atoms with Gasteiger partial charge < -0.3 is 10.1 Å². The fraction of sp³-hybridized carbons (Fsp3) is 0.364. The Morgan fingerprint density at radius 1 is 1.07 bits per heavy atom. The maximum Gasteiger partial charge on any atom is 0.238 e. The number of nitrogens with zero attached hydrogens (tertiary/aromatic N) is 4. The fourth-order valence-electron chi connectivity index (χ4n) is 3.66. The molecule has 0 spiro atoms. The van der Waals surface area contributed by atoms with Crippen molar-refractivity contribution in [1.82, 2.24) is 20.0 Å². The molecule has 1 aliphatic rings. The lowest BCUT2D eigenvalue weighted by Crippen LogP contribution is -2.14. The fourth-order valence-corrected chi connectivity index (χ4v) is 3.66. The maximum atomic E-state index is 12.2. The van der Waals surface area contributed by atoms with E-state index in [4.69, 9.17) is 4.74 Å². The number of amides is 1. The van der Waals surface area contributed by atoms with Gasteiger partial charge in [-0.15, -0.1) is 10.2 Å². The largest absolute Gasteiger partial charge is 0.438 e. The number of anilines is 1. The molecule has 0 unspecified atom stereocenters. The highest BCUT2D eigenvalue weighted by Gasteiger charge is 2.15. The highest BCUT2D eigenvalue weighted by molar-refractivity contribution is 5.90. The van der Waals surface area contributed by atoms with Crippen molar-refractivity contribution in [2.24, 2.45) is 5.92 Å². The van der Waals surface area contributed by atoms with Crippen molar-refractivity contribution in [3.05, 3.63) is 54.9 Å². The van der Waals surface area contributed by atoms with Gasteiger partial charge in [-0.2, -0.15) is 5.10 Å². The van der Waals surface area contributed by atoms with E-state index in [0.29, 0.717) is 29.8 Å². The predicted octanol–water partition coefficient (Wildman–Crippen LogP) is 4.75. The molecule has 0 radical (unpaired) electrons. The smallest absolute Gasteiger partial charge is 0.238 e. The molecule has 2 heterocycles. The number of rotatable bonds is 7. The number of hydrogen-bond acceptors (Lipinski definition) is 5. The van der Waals surface area contributed by atoms with Crippen LogP contribution in [-0.2, 0) is 4.79 Å². The molecular formula is C22H25N5O2. The number of carbonyl (C=O) groups is 1. The molecule has 29 heavy (non-hydrogen) atoms. The van der Waals surface area contributed by atoms with Crippen LogP contribution in [0.4, 0.5) is 5.69 Å². The molecule has 1 N–H and O–H groups in total. The van der Waals surface area contributed by atoms with Crippen LogP contribution in [0.1, 0.15) is 44.9 Å². The molecule has 2 aromatic heterocycles. The van der Waals surface area contributed by atoms with Crippen molar-refractivity contribution in [3.63, 3.8) is 0 Å². The van der Waals surface area contributed by atoms with Crippen LogP contribution in [0.5, 0.6) is 11.6 Å². The molecule has 0 aliphatic heterocycles. The molecule has 7 heteroatoms. The van der Waals surface area contributed by atoms with Crippen LogP contribution in [0.2, 0.25) is 0 Å². The van der Waals surface area contributed by atoms with E-state index in [0.717, 1.165) is 12.1 Å². The van der Waals surface area contributed by atoms with Crippen LogP contribution < -0.4 is 10.1 Å². The third kappa shape index (κ3) is 5.40. The van der Waals surface area contributed by atoms with Crippen molar-refractivity contribution >= 4 is 11.6 Å². The van der Waals surface area contributed by atoms with Crippen molar-refractivity contribution in [3.8, 4) is 17.4 Å². The van der Waals surface area contributed by atoms with E-state index in [1.165, 1.54) is 32.1 Å². The SMILES string of the molecule is O=C(CCC1CCCCC1)Nc1ccc(Oc2ccc(-n3cccn3)nn2)cc1. The third-order valence-electron chi connectivity index (χ3n) is 5.23. The zero-order valence-electron chi connectivity index (χ0n) is 16.3. The second kappa shape index (κ2) is 9.32. The van der Waals surface area contributed by atoms with Gasteiger partial charge in [0, 0.05) is 30.6 Å². The average Bonchev–Trinajstić information content (AvgIpc) is 3.30. The summed E-state index contributed by atoms with van der Waals surface area (Å²) in [5.74, 6) is 2.43. The Kier molecular flexibility index (Phi) is 6.14. The summed E-state index contributed by atoms with van der Waals surface area (Å²) in [5.41, 5.74) is 0.770. The first-order valence-electron chi connectivity index (χ1n) is 10.2. The van der Waals surface area contributed by atoms with E-state index in [2.05, 4.69) is 20.6 Å². The van der Waals surface area contributed by atoms with Crippen LogP contribution in [0.25, 0.3) is 5.82 Å². The van der Waals surface area contributed by atoms with Gasteiger partial charge in [-0.1, -0.05) is 32.1 Å². The zero-order chi connectivity index (χ0) is 19.9. The summed E-state index contributed by atoms with van der Waals surface area (Å²) in [6.07, 6.45) is 11.6. The Hall–Kier alpha value is -3.22. The molecule has 1 aliphatic carbocycles. The number of aromatic nitrogens is 4. The lowest BCUT2D eigenvalue weighted by atomic mass is 9.86. The first kappa shape index (κ1) is 19.1. The van der Waals surface area contributed by atoms with E-state index in [9.17, 15) is 4.79 Å². The maximum absolute atomic E-state index is 12.2. The summed E-state index contributed by atoms with van der Waals surface area (Å²) in [4.78, 5) is 12.2.